The van der Waals surface area contributed by atoms with Crippen molar-refractivity contribution in [2.24, 2.45) is 0 Å². The van der Waals surface area contributed by atoms with Crippen LogP contribution in [0, 0.1) is 0 Å². The average molecular weight is 975 g/mol. The van der Waals surface area contributed by atoms with Crippen LogP contribution in [-0.4, -0.2) is 95.0 Å². The molecule has 66 heavy (non-hydrogen) atoms. The molecule has 0 saturated carbocycles. The number of carbonyl (C=O) groups excluding carboxylic acids is 2. The monoisotopic (exact) mass is 975 g/mol. The Balaban J connectivity index is 3.96. The van der Waals surface area contributed by atoms with E-state index in [9.17, 15) is 43.8 Å². The molecule has 15 nitrogen and oxygen atoms in total. The summed E-state index contributed by atoms with van der Waals surface area (Å²) in [5.41, 5.74) is 0. The second-order valence-electron chi connectivity index (χ2n) is 15.7. The van der Waals surface area contributed by atoms with E-state index < -0.39 is 85.5 Å². The molecule has 0 radical (unpaired) electrons. The molecule has 0 saturated heterocycles. The zero-order valence-electron chi connectivity index (χ0n) is 39.8. The molecule has 0 aromatic carbocycles. The smallest absolute Gasteiger partial charge is 0.463 e. The van der Waals surface area contributed by atoms with Crippen molar-refractivity contribution < 1.29 is 71.4 Å². The zero-order chi connectivity index (χ0) is 48.8. The molecule has 5 atom stereocenters. The van der Waals surface area contributed by atoms with E-state index in [1.165, 1.54) is 38.5 Å². The number of esters is 2. The van der Waals surface area contributed by atoms with Crippen molar-refractivity contribution in [1.29, 1.82) is 0 Å². The highest BCUT2D eigenvalue weighted by Gasteiger charge is 2.28. The van der Waals surface area contributed by atoms with Crippen LogP contribution < -0.4 is 0 Å². The van der Waals surface area contributed by atoms with Crippen LogP contribution in [0.2, 0.25) is 0 Å². The quantitative estimate of drug-likeness (QED) is 0.0166. The lowest BCUT2D eigenvalue weighted by molar-refractivity contribution is -0.148. The number of hydrogen-bond acceptors (Lipinski definition) is 13. The van der Waals surface area contributed by atoms with Gasteiger partial charge in [-0.1, -0.05) is 144 Å². The second-order valence-corrected chi connectivity index (χ2v) is 18.6. The predicted molar refractivity (Wildman–Crippen MR) is 260 cm³/mol. The molecule has 5 unspecified atom stereocenters. The molecule has 0 spiro atoms. The molecule has 0 fully saturated rings. The molecule has 0 aliphatic rings. The summed E-state index contributed by atoms with van der Waals surface area (Å²) in [7, 11) is -9.60. The lowest BCUT2D eigenvalue weighted by Crippen LogP contribution is -2.25. The van der Waals surface area contributed by atoms with E-state index >= 15 is 0 Å². The summed E-state index contributed by atoms with van der Waals surface area (Å²) >= 11 is 0. The van der Waals surface area contributed by atoms with Crippen LogP contribution in [0.15, 0.2) is 85.1 Å². The summed E-state index contributed by atoms with van der Waals surface area (Å²) in [5.74, 6) is -1.06. The first-order valence-electron chi connectivity index (χ1n) is 23.9. The van der Waals surface area contributed by atoms with Crippen LogP contribution in [0.25, 0.3) is 0 Å². The van der Waals surface area contributed by atoms with Gasteiger partial charge in [-0.2, -0.15) is 0 Å². The van der Waals surface area contributed by atoms with Gasteiger partial charge in [0.1, 0.15) is 31.5 Å². The van der Waals surface area contributed by atoms with Crippen molar-refractivity contribution in [3.05, 3.63) is 85.1 Å². The number of phosphoric acid groups is 2. The van der Waals surface area contributed by atoms with Gasteiger partial charge in [-0.15, -0.1) is 0 Å². The van der Waals surface area contributed by atoms with E-state index in [1.54, 1.807) is 0 Å². The van der Waals surface area contributed by atoms with Gasteiger partial charge < -0.3 is 34.6 Å². The molecule has 0 aliphatic carbocycles. The van der Waals surface area contributed by atoms with Crippen molar-refractivity contribution in [1.82, 2.24) is 0 Å². The number of carbonyl (C=O) groups is 2. The van der Waals surface area contributed by atoms with Gasteiger partial charge in [-0.05, 0) is 83.5 Å². The highest BCUT2D eigenvalue weighted by atomic mass is 31.2. The van der Waals surface area contributed by atoms with Crippen molar-refractivity contribution >= 4 is 27.6 Å². The Kier molecular flexibility index (Phi) is 42.8. The molecular weight excluding hydrogens is 890 g/mol. The SMILES string of the molecule is CC/C=C\C/C=C\C/C=C\C/C=C\C/C=C\CCCC(=O)OCC(O)COP(=O)(O)OCC(O)COP(=O)(O)OCC(O)COC(=O)CCCCCCCCC/C=C\C/C=C\CCCCC. The van der Waals surface area contributed by atoms with Crippen molar-refractivity contribution in [2.45, 2.75) is 173 Å². The van der Waals surface area contributed by atoms with Gasteiger partial charge in [0.25, 0.3) is 0 Å². The van der Waals surface area contributed by atoms with Gasteiger partial charge in [0.05, 0.1) is 26.4 Å². The average Bonchev–Trinajstić information content (AvgIpc) is 3.29. The third-order valence-corrected chi connectivity index (χ3v) is 11.2. The number of phosphoric ester groups is 2. The molecule has 17 heteroatoms. The number of rotatable bonds is 45. The third-order valence-electron chi connectivity index (χ3n) is 9.33. The number of allylic oxidation sites excluding steroid dienone is 14. The number of aliphatic hydroxyl groups is 3. The summed E-state index contributed by atoms with van der Waals surface area (Å²) in [6.45, 7) is 0.183. The van der Waals surface area contributed by atoms with Gasteiger partial charge in [-0.3, -0.25) is 27.7 Å². The Morgan fingerprint density at radius 3 is 1.11 bits per heavy atom. The van der Waals surface area contributed by atoms with E-state index in [0.717, 1.165) is 70.6 Å². The molecule has 0 amide bonds. The molecule has 5 N–H and O–H groups in total. The van der Waals surface area contributed by atoms with E-state index in [1.807, 2.05) is 12.2 Å². The van der Waals surface area contributed by atoms with Gasteiger partial charge in [-0.25, -0.2) is 9.13 Å². The van der Waals surface area contributed by atoms with Crippen molar-refractivity contribution in [2.75, 3.05) is 39.6 Å². The van der Waals surface area contributed by atoms with Crippen LogP contribution in [0.5, 0.6) is 0 Å². The Morgan fingerprint density at radius 2 is 0.712 bits per heavy atom. The Labute approximate surface area is 396 Å². The van der Waals surface area contributed by atoms with E-state index in [2.05, 4.69) is 105 Å². The van der Waals surface area contributed by atoms with E-state index in [-0.39, 0.29) is 12.8 Å². The highest BCUT2D eigenvalue weighted by Crippen LogP contribution is 2.45. The van der Waals surface area contributed by atoms with Crippen molar-refractivity contribution in [3.8, 4) is 0 Å². The summed E-state index contributed by atoms with van der Waals surface area (Å²) in [5, 5.41) is 30.0. The topological polar surface area (TPSA) is 225 Å². The fourth-order valence-electron chi connectivity index (χ4n) is 5.63. The van der Waals surface area contributed by atoms with Gasteiger partial charge >= 0.3 is 27.6 Å². The lowest BCUT2D eigenvalue weighted by atomic mass is 10.1. The van der Waals surface area contributed by atoms with Crippen LogP contribution in [0.1, 0.15) is 155 Å². The highest BCUT2D eigenvalue weighted by molar-refractivity contribution is 7.47. The van der Waals surface area contributed by atoms with Gasteiger partial charge in [0, 0.05) is 12.8 Å². The molecule has 0 aromatic heterocycles. The minimum Gasteiger partial charge on any atom is -0.463 e. The Bertz CT molecular complexity index is 1510. The number of hydrogen-bond donors (Lipinski definition) is 5. The molecule has 0 bridgehead atoms. The van der Waals surface area contributed by atoms with Crippen LogP contribution >= 0.6 is 15.6 Å². The van der Waals surface area contributed by atoms with Gasteiger partial charge in [0.2, 0.25) is 0 Å². The molecule has 0 aliphatic heterocycles. The van der Waals surface area contributed by atoms with E-state index in [0.29, 0.717) is 19.3 Å². The van der Waals surface area contributed by atoms with Crippen LogP contribution in [0.3, 0.4) is 0 Å². The Morgan fingerprint density at radius 1 is 0.409 bits per heavy atom. The number of ether oxygens (including phenoxy) is 2. The van der Waals surface area contributed by atoms with Crippen LogP contribution in [-0.2, 0) is 46.3 Å². The zero-order valence-corrected chi connectivity index (χ0v) is 41.6. The molecule has 0 rings (SSSR count). The first-order chi connectivity index (χ1) is 31.8. The fraction of sp³-hybridized carbons (Fsp3) is 0.673. The third kappa shape index (κ3) is 46.3. The lowest BCUT2D eigenvalue weighted by Gasteiger charge is -2.19. The molecular formula is C49H84O15P2. The van der Waals surface area contributed by atoms with Crippen LogP contribution in [0.4, 0.5) is 0 Å². The number of aliphatic hydroxyl groups excluding tert-OH is 3. The fourth-order valence-corrected chi connectivity index (χ4v) is 7.22. The number of unbranched alkanes of at least 4 members (excludes halogenated alkanes) is 11. The largest absolute Gasteiger partial charge is 0.472 e. The van der Waals surface area contributed by atoms with Gasteiger partial charge in [0.15, 0.2) is 0 Å². The minimum absolute atomic E-state index is 0.114. The molecule has 380 valence electrons. The van der Waals surface area contributed by atoms with E-state index in [4.69, 9.17) is 9.47 Å². The summed E-state index contributed by atoms with van der Waals surface area (Å²) in [6, 6.07) is 0. The first kappa shape index (κ1) is 63.2. The normalized spacial score (nSPS) is 15.8. The summed E-state index contributed by atoms with van der Waals surface area (Å²) < 4.78 is 52.9. The summed E-state index contributed by atoms with van der Waals surface area (Å²) in [4.78, 5) is 43.7. The predicted octanol–water partition coefficient (Wildman–Crippen LogP) is 10.9. The molecule has 0 heterocycles. The standard InChI is InChI=1S/C49H84O15P2/c1-3-5-7-9-11-13-15-17-19-21-23-25-27-29-31-33-35-37-48(53)59-39-45(50)41-61-65(55,56)63-43-47(52)44-64-66(57,58)62-42-46(51)40-60-49(54)38-36-34-32-30-28-26-24-22-20-18-16-14-12-10-8-6-4-2/h5,7,11-14,17-20,23,25,29,31,45-47,50-52H,3-4,6,8-10,15-16,21-22,24,26-28,30,32-44H2,1-2H3,(H,55,56)(H,57,58)/b7-5-,13-11-,14-12-,19-17-,20-18-,25-23-,31-29-. The Hall–Kier alpha value is -2.78. The second kappa shape index (κ2) is 44.7. The maximum atomic E-state index is 12.2. The summed E-state index contributed by atoms with van der Waals surface area (Å²) in [6.07, 6.45) is 45.8. The minimum atomic E-state index is -4.80. The van der Waals surface area contributed by atoms with Crippen molar-refractivity contribution in [3.63, 3.8) is 0 Å². The maximum absolute atomic E-state index is 12.2. The first-order valence-corrected chi connectivity index (χ1v) is 26.9. The maximum Gasteiger partial charge on any atom is 0.472 e. The molecule has 0 aromatic rings.